The molecule has 0 spiro atoms. The third-order valence-corrected chi connectivity index (χ3v) is 5.06. The first-order valence-electron chi connectivity index (χ1n) is 7.63. The van der Waals surface area contributed by atoms with E-state index in [0.717, 1.165) is 0 Å². The Bertz CT molecular complexity index is 845. The van der Waals surface area contributed by atoms with Gasteiger partial charge in [-0.3, -0.25) is 4.55 Å². The fourth-order valence-electron chi connectivity index (χ4n) is 2.65. The average molecular weight is 406 g/mol. The van der Waals surface area contributed by atoms with E-state index in [0.29, 0.717) is 20.6 Å². The number of carbonyl (C=O) groups excluding carboxylic acids is 2. The number of rotatable bonds is 4. The molecule has 1 unspecified atom stereocenters. The molecule has 144 valence electrons. The molecule has 3 amide bonds. The van der Waals surface area contributed by atoms with Crippen molar-refractivity contribution in [2.75, 3.05) is 6.54 Å². The number of nitrogens with zero attached hydrogens (tertiary/aromatic N) is 3. The number of thiazole rings is 1. The maximum atomic E-state index is 12.1. The van der Waals surface area contributed by atoms with Crippen molar-refractivity contribution in [3.8, 4) is 0 Å². The first kappa shape index (κ1) is 18.8. The molecule has 1 fully saturated rings. The van der Waals surface area contributed by atoms with E-state index in [4.69, 9.17) is 9.29 Å². The summed E-state index contributed by atoms with van der Waals surface area (Å²) in [5.74, 6) is 0. The topological polar surface area (TPSA) is 138 Å². The van der Waals surface area contributed by atoms with E-state index < -0.39 is 34.2 Å². The molecule has 3 heterocycles. The van der Waals surface area contributed by atoms with Gasteiger partial charge in [-0.05, 0) is 20.8 Å². The quantitative estimate of drug-likeness (QED) is 0.711. The molecule has 26 heavy (non-hydrogen) atoms. The van der Waals surface area contributed by atoms with Gasteiger partial charge in [0.05, 0.1) is 30.2 Å². The Morgan fingerprint density at radius 3 is 2.77 bits per heavy atom. The van der Waals surface area contributed by atoms with Crippen LogP contribution in [0.2, 0.25) is 0 Å². The Hall–Kier alpha value is -1.96. The van der Waals surface area contributed by atoms with Crippen LogP contribution in [0.15, 0.2) is 0 Å². The molecule has 2 aliphatic heterocycles. The third kappa shape index (κ3) is 4.06. The van der Waals surface area contributed by atoms with Crippen LogP contribution in [-0.2, 0) is 32.5 Å². The zero-order valence-electron chi connectivity index (χ0n) is 14.3. The lowest BCUT2D eigenvalue weighted by Gasteiger charge is -2.20. The first-order valence-corrected chi connectivity index (χ1v) is 9.81. The highest BCUT2D eigenvalue weighted by molar-refractivity contribution is 7.80. The van der Waals surface area contributed by atoms with E-state index in [1.165, 1.54) is 16.2 Å². The number of hydrogen-bond acceptors (Lipinski definition) is 8. The van der Waals surface area contributed by atoms with Crippen molar-refractivity contribution in [3.05, 3.63) is 15.6 Å². The molecule has 2 aliphatic rings. The molecular weight excluding hydrogens is 388 g/mol. The molecule has 11 nitrogen and oxygen atoms in total. The first-order chi connectivity index (χ1) is 11.9. The average Bonchev–Trinajstić information content (AvgIpc) is 2.98. The van der Waals surface area contributed by atoms with E-state index in [1.807, 2.05) is 0 Å². The van der Waals surface area contributed by atoms with E-state index in [9.17, 15) is 18.0 Å². The van der Waals surface area contributed by atoms with Gasteiger partial charge in [0.1, 0.15) is 16.7 Å². The molecule has 0 radical (unpaired) electrons. The van der Waals surface area contributed by atoms with Gasteiger partial charge in [-0.15, -0.1) is 15.6 Å². The number of hydroxylamine groups is 2. The Labute approximate surface area is 153 Å². The second kappa shape index (κ2) is 6.33. The van der Waals surface area contributed by atoms with Crippen LogP contribution < -0.4 is 5.32 Å². The number of alkyl carbamates (subject to hydrolysis) is 1. The van der Waals surface area contributed by atoms with E-state index in [1.54, 1.807) is 20.8 Å². The predicted octanol–water partition coefficient (Wildman–Crippen LogP) is 1.19. The maximum absolute atomic E-state index is 12.1. The van der Waals surface area contributed by atoms with Gasteiger partial charge in [0.2, 0.25) is 0 Å². The van der Waals surface area contributed by atoms with E-state index in [2.05, 4.69) is 14.6 Å². The number of aromatic nitrogens is 1. The highest BCUT2D eigenvalue weighted by Crippen LogP contribution is 2.41. The molecule has 1 aromatic rings. The second-order valence-electron chi connectivity index (χ2n) is 6.78. The number of hydrogen-bond donors (Lipinski definition) is 2. The van der Waals surface area contributed by atoms with Crippen molar-refractivity contribution in [2.24, 2.45) is 0 Å². The number of carbonyl (C=O) groups is 2. The molecule has 1 saturated heterocycles. The number of nitrogens with one attached hydrogen (secondary N) is 1. The molecule has 1 aromatic heterocycles. The zero-order valence-corrected chi connectivity index (χ0v) is 15.9. The Morgan fingerprint density at radius 2 is 2.15 bits per heavy atom. The van der Waals surface area contributed by atoms with Crippen LogP contribution in [0.5, 0.6) is 0 Å². The van der Waals surface area contributed by atoms with Crippen molar-refractivity contribution >= 4 is 33.9 Å². The normalized spacial score (nSPS) is 19.5. The summed E-state index contributed by atoms with van der Waals surface area (Å²) in [5, 5.41) is 3.80. The summed E-state index contributed by atoms with van der Waals surface area (Å²) in [7, 11) is -4.82. The lowest BCUT2D eigenvalue weighted by Crippen LogP contribution is -2.32. The lowest BCUT2D eigenvalue weighted by molar-refractivity contribution is -0.0307. The van der Waals surface area contributed by atoms with Crippen LogP contribution >= 0.6 is 11.3 Å². The van der Waals surface area contributed by atoms with Crippen molar-refractivity contribution in [1.82, 2.24) is 20.3 Å². The van der Waals surface area contributed by atoms with E-state index in [-0.39, 0.29) is 19.6 Å². The van der Waals surface area contributed by atoms with Crippen molar-refractivity contribution < 1.29 is 31.6 Å². The summed E-state index contributed by atoms with van der Waals surface area (Å²) in [6, 6.07) is -1.35. The van der Waals surface area contributed by atoms with Crippen LogP contribution in [0, 0.1) is 0 Å². The predicted molar refractivity (Wildman–Crippen MR) is 88.2 cm³/mol. The van der Waals surface area contributed by atoms with Crippen LogP contribution in [0.1, 0.15) is 42.4 Å². The monoisotopic (exact) mass is 406 g/mol. The smallest absolute Gasteiger partial charge is 0.418 e. The van der Waals surface area contributed by atoms with Crippen molar-refractivity contribution in [1.29, 1.82) is 0 Å². The standard InChI is InChI=1S/C13H18N4O7S2/c1-13(2,3)23-11(18)14-4-9-15-7-5-16-6-8(10(7)25-9)17(12(16)19)24-26(20,21)22/h8H,4-6H2,1-3H3,(H,14,18)(H,20,21,22). The van der Waals surface area contributed by atoms with E-state index >= 15 is 0 Å². The van der Waals surface area contributed by atoms with Gasteiger partial charge in [0.25, 0.3) is 0 Å². The molecular formula is C13H18N4O7S2. The van der Waals surface area contributed by atoms with Crippen LogP contribution in [0.4, 0.5) is 9.59 Å². The molecule has 13 heteroatoms. The fraction of sp³-hybridized carbons (Fsp3) is 0.615. The summed E-state index contributed by atoms with van der Waals surface area (Å²) < 4.78 is 40.4. The van der Waals surface area contributed by atoms with Crippen LogP contribution in [-0.4, -0.2) is 52.2 Å². The maximum Gasteiger partial charge on any atom is 0.418 e. The largest absolute Gasteiger partial charge is 0.444 e. The number of amides is 3. The summed E-state index contributed by atoms with van der Waals surface area (Å²) in [5.41, 5.74) is -0.0193. The van der Waals surface area contributed by atoms with Gasteiger partial charge < -0.3 is 15.0 Å². The highest BCUT2D eigenvalue weighted by Gasteiger charge is 2.47. The van der Waals surface area contributed by atoms with Gasteiger partial charge in [-0.2, -0.15) is 13.5 Å². The van der Waals surface area contributed by atoms with Gasteiger partial charge in [0.15, 0.2) is 0 Å². The minimum absolute atomic E-state index is 0.131. The summed E-state index contributed by atoms with van der Waals surface area (Å²) in [6.45, 7) is 5.80. The summed E-state index contributed by atoms with van der Waals surface area (Å²) >= 11 is 1.23. The second-order valence-corrected chi connectivity index (χ2v) is 8.90. The highest BCUT2D eigenvalue weighted by atomic mass is 32.3. The molecule has 0 aromatic carbocycles. The van der Waals surface area contributed by atoms with Crippen molar-refractivity contribution in [2.45, 2.75) is 45.5 Å². The molecule has 3 rings (SSSR count). The summed E-state index contributed by atoms with van der Waals surface area (Å²) in [4.78, 5) is 30.2. The Morgan fingerprint density at radius 1 is 1.46 bits per heavy atom. The number of fused-ring (bicyclic) bond motifs is 4. The Balaban J connectivity index is 1.72. The molecule has 0 aliphatic carbocycles. The van der Waals surface area contributed by atoms with Crippen molar-refractivity contribution in [3.63, 3.8) is 0 Å². The number of urea groups is 1. The minimum Gasteiger partial charge on any atom is -0.444 e. The van der Waals surface area contributed by atoms with Gasteiger partial charge in [-0.1, -0.05) is 0 Å². The molecule has 1 atom stereocenters. The fourth-order valence-corrected chi connectivity index (χ4v) is 4.11. The van der Waals surface area contributed by atoms with Crippen LogP contribution in [0.3, 0.4) is 0 Å². The Kier molecular flexibility index (Phi) is 4.58. The van der Waals surface area contributed by atoms with Gasteiger partial charge in [-0.25, -0.2) is 14.6 Å². The SMILES string of the molecule is CC(C)(C)OC(=O)NCc1nc2c(s1)C1CN(C2)C(=O)N1OS(=O)(=O)O. The van der Waals surface area contributed by atoms with Gasteiger partial charge >= 0.3 is 22.5 Å². The molecule has 2 bridgehead atoms. The summed E-state index contributed by atoms with van der Waals surface area (Å²) in [6.07, 6.45) is -0.581. The minimum atomic E-state index is -4.82. The molecule has 0 saturated carbocycles. The molecule has 2 N–H and O–H groups in total. The van der Waals surface area contributed by atoms with Gasteiger partial charge in [0, 0.05) is 0 Å². The van der Waals surface area contributed by atoms with Crippen LogP contribution in [0.25, 0.3) is 0 Å². The zero-order chi connectivity index (χ0) is 19.3. The third-order valence-electron chi connectivity index (χ3n) is 3.51. The number of ether oxygens (including phenoxy) is 1. The lowest BCUT2D eigenvalue weighted by atomic mass is 10.1.